The molecule has 6 heteroatoms. The Morgan fingerprint density at radius 1 is 1.12 bits per heavy atom. The smallest absolute Gasteiger partial charge is 0.247 e. The predicted octanol–water partition coefficient (Wildman–Crippen LogP) is 2.09. The Balaban J connectivity index is 1.87. The van der Waals surface area contributed by atoms with Gasteiger partial charge in [0.05, 0.1) is 16.9 Å². The van der Waals surface area contributed by atoms with E-state index in [0.717, 1.165) is 22.9 Å². The molecule has 0 unspecified atom stereocenters. The van der Waals surface area contributed by atoms with Gasteiger partial charge in [0.25, 0.3) is 0 Å². The summed E-state index contributed by atoms with van der Waals surface area (Å²) in [6.45, 7) is 3.88. The predicted molar refractivity (Wildman–Crippen MR) is 93.4 cm³/mol. The van der Waals surface area contributed by atoms with Crippen LogP contribution < -0.4 is 10.0 Å². The third kappa shape index (κ3) is 3.30. The molecule has 0 saturated carbocycles. The van der Waals surface area contributed by atoms with Gasteiger partial charge < -0.3 is 9.90 Å². The SMILES string of the molecule is Cc1ccc(N2C(=O)C[C@H](Sc3ccccc3C(=O)[O-])C2=O)cc1C. The summed E-state index contributed by atoms with van der Waals surface area (Å²) in [6.07, 6.45) is 0.0395. The molecule has 2 aromatic rings. The van der Waals surface area contributed by atoms with Gasteiger partial charge in [0, 0.05) is 16.9 Å². The Bertz CT molecular complexity index is 877. The second-order valence-electron chi connectivity index (χ2n) is 5.93. The van der Waals surface area contributed by atoms with Gasteiger partial charge in [-0.05, 0) is 43.2 Å². The second-order valence-corrected chi connectivity index (χ2v) is 7.17. The zero-order valence-electron chi connectivity index (χ0n) is 13.8. The summed E-state index contributed by atoms with van der Waals surface area (Å²) >= 11 is 1.09. The maximum absolute atomic E-state index is 12.7. The van der Waals surface area contributed by atoms with E-state index in [0.29, 0.717) is 10.6 Å². The number of rotatable bonds is 4. The maximum atomic E-state index is 12.7. The summed E-state index contributed by atoms with van der Waals surface area (Å²) in [7, 11) is 0. The molecule has 1 fully saturated rings. The number of benzene rings is 2. The molecular weight excluding hydrogens is 338 g/mol. The van der Waals surface area contributed by atoms with Gasteiger partial charge in [-0.3, -0.25) is 9.59 Å². The monoisotopic (exact) mass is 354 g/mol. The van der Waals surface area contributed by atoms with Crippen molar-refractivity contribution in [3.63, 3.8) is 0 Å². The van der Waals surface area contributed by atoms with Crippen LogP contribution in [0, 0.1) is 13.8 Å². The number of hydrogen-bond donors (Lipinski definition) is 0. The van der Waals surface area contributed by atoms with Gasteiger partial charge >= 0.3 is 0 Å². The molecular formula is C19H16NO4S-. The summed E-state index contributed by atoms with van der Waals surface area (Å²) in [5.74, 6) is -1.91. The summed E-state index contributed by atoms with van der Waals surface area (Å²) in [5, 5.41) is 10.6. The Kier molecular flexibility index (Phi) is 4.63. The lowest BCUT2D eigenvalue weighted by atomic mass is 10.1. The molecule has 3 rings (SSSR count). The molecule has 0 aromatic heterocycles. The topological polar surface area (TPSA) is 77.5 Å². The third-order valence-corrected chi connectivity index (χ3v) is 5.49. The highest BCUT2D eigenvalue weighted by Crippen LogP contribution is 2.35. The van der Waals surface area contributed by atoms with Crippen molar-refractivity contribution in [1.82, 2.24) is 0 Å². The van der Waals surface area contributed by atoms with Crippen LogP contribution in [-0.2, 0) is 9.59 Å². The molecule has 1 saturated heterocycles. The van der Waals surface area contributed by atoms with Gasteiger partial charge in [0.1, 0.15) is 0 Å². The Hall–Kier alpha value is -2.60. The van der Waals surface area contributed by atoms with Crippen molar-refractivity contribution < 1.29 is 19.5 Å². The van der Waals surface area contributed by atoms with Crippen LogP contribution in [0.2, 0.25) is 0 Å². The molecule has 1 atom stereocenters. The maximum Gasteiger partial charge on any atom is 0.247 e. The van der Waals surface area contributed by atoms with Crippen LogP contribution in [0.1, 0.15) is 27.9 Å². The number of amides is 2. The minimum atomic E-state index is -1.30. The molecule has 0 radical (unpaired) electrons. The van der Waals surface area contributed by atoms with Crippen LogP contribution in [0.15, 0.2) is 47.4 Å². The van der Waals surface area contributed by atoms with E-state index in [2.05, 4.69) is 0 Å². The first-order valence-corrected chi connectivity index (χ1v) is 8.67. The highest BCUT2D eigenvalue weighted by Gasteiger charge is 2.40. The number of carbonyl (C=O) groups is 3. The summed E-state index contributed by atoms with van der Waals surface area (Å²) in [5.41, 5.74) is 2.65. The van der Waals surface area contributed by atoms with Gasteiger partial charge in [0.15, 0.2) is 0 Å². The van der Waals surface area contributed by atoms with Crippen molar-refractivity contribution in [2.45, 2.75) is 30.4 Å². The fourth-order valence-corrected chi connectivity index (χ4v) is 3.90. The fourth-order valence-electron chi connectivity index (χ4n) is 2.72. The van der Waals surface area contributed by atoms with Gasteiger partial charge in [-0.1, -0.05) is 24.3 Å². The first kappa shape index (κ1) is 17.2. The Morgan fingerprint density at radius 2 is 1.84 bits per heavy atom. The molecule has 1 heterocycles. The van der Waals surface area contributed by atoms with Crippen LogP contribution in [0.3, 0.4) is 0 Å². The van der Waals surface area contributed by atoms with Gasteiger partial charge in [-0.25, -0.2) is 4.90 Å². The molecule has 5 nitrogen and oxygen atoms in total. The van der Waals surface area contributed by atoms with Crippen LogP contribution in [0.4, 0.5) is 5.69 Å². The van der Waals surface area contributed by atoms with Crippen LogP contribution in [0.5, 0.6) is 0 Å². The van der Waals surface area contributed by atoms with Crippen molar-refractivity contribution in [3.05, 3.63) is 59.2 Å². The van der Waals surface area contributed by atoms with E-state index >= 15 is 0 Å². The van der Waals surface area contributed by atoms with E-state index in [1.54, 1.807) is 24.3 Å². The highest BCUT2D eigenvalue weighted by molar-refractivity contribution is 8.00. The quantitative estimate of drug-likeness (QED) is 0.786. The minimum absolute atomic E-state index is 0.0254. The van der Waals surface area contributed by atoms with E-state index in [1.165, 1.54) is 11.0 Å². The minimum Gasteiger partial charge on any atom is -0.545 e. The molecule has 2 aromatic carbocycles. The summed E-state index contributed by atoms with van der Waals surface area (Å²) in [4.78, 5) is 37.9. The lowest BCUT2D eigenvalue weighted by Crippen LogP contribution is -2.31. The van der Waals surface area contributed by atoms with Gasteiger partial charge in [-0.15, -0.1) is 11.8 Å². The molecule has 0 spiro atoms. The van der Waals surface area contributed by atoms with E-state index in [4.69, 9.17) is 0 Å². The number of thioether (sulfide) groups is 1. The first-order chi connectivity index (χ1) is 11.9. The van der Waals surface area contributed by atoms with E-state index in [-0.39, 0.29) is 23.8 Å². The van der Waals surface area contributed by atoms with Crippen molar-refractivity contribution in [2.75, 3.05) is 4.90 Å². The number of nitrogens with zero attached hydrogens (tertiary/aromatic N) is 1. The second kappa shape index (κ2) is 6.72. The number of aromatic carboxylic acids is 1. The highest BCUT2D eigenvalue weighted by atomic mass is 32.2. The van der Waals surface area contributed by atoms with E-state index in [9.17, 15) is 19.5 Å². The standard InChI is InChI=1S/C19H17NO4S/c1-11-7-8-13(9-12(11)2)20-17(21)10-16(18(20)22)25-15-6-4-3-5-14(15)19(23)24/h3-9,16H,10H2,1-2H3,(H,23,24)/p-1/t16-/m0/s1. The van der Waals surface area contributed by atoms with Crippen LogP contribution >= 0.6 is 11.8 Å². The average molecular weight is 354 g/mol. The molecule has 0 bridgehead atoms. The number of carboxylic acid groups (broad SMARTS) is 1. The number of anilines is 1. The number of carbonyl (C=O) groups excluding carboxylic acids is 3. The van der Waals surface area contributed by atoms with Gasteiger partial charge in [-0.2, -0.15) is 0 Å². The normalized spacial score (nSPS) is 17.2. The number of hydrogen-bond acceptors (Lipinski definition) is 5. The first-order valence-electron chi connectivity index (χ1n) is 7.79. The lowest BCUT2D eigenvalue weighted by Gasteiger charge is -2.17. The van der Waals surface area contributed by atoms with Crippen LogP contribution in [0.25, 0.3) is 0 Å². The fraction of sp³-hybridized carbons (Fsp3) is 0.211. The number of aryl methyl sites for hydroxylation is 2. The zero-order chi connectivity index (χ0) is 18.1. The van der Waals surface area contributed by atoms with E-state index < -0.39 is 11.2 Å². The molecule has 1 aliphatic heterocycles. The summed E-state index contributed by atoms with van der Waals surface area (Å²) in [6, 6.07) is 11.8. The lowest BCUT2D eigenvalue weighted by molar-refractivity contribution is -0.255. The van der Waals surface area contributed by atoms with Crippen LogP contribution in [-0.4, -0.2) is 23.0 Å². The largest absolute Gasteiger partial charge is 0.545 e. The molecule has 25 heavy (non-hydrogen) atoms. The Morgan fingerprint density at radius 3 is 2.52 bits per heavy atom. The summed E-state index contributed by atoms with van der Waals surface area (Å²) < 4.78 is 0. The molecule has 1 aliphatic rings. The number of carboxylic acids is 1. The van der Waals surface area contributed by atoms with Gasteiger partial charge in [0.2, 0.25) is 11.8 Å². The molecule has 0 N–H and O–H groups in total. The molecule has 0 aliphatic carbocycles. The Labute approximate surface area is 149 Å². The van der Waals surface area contributed by atoms with Crippen molar-refractivity contribution >= 4 is 35.2 Å². The molecule has 128 valence electrons. The third-order valence-electron chi connectivity index (χ3n) is 4.23. The number of imide groups is 1. The van der Waals surface area contributed by atoms with E-state index in [1.807, 2.05) is 26.0 Å². The average Bonchev–Trinajstić information content (AvgIpc) is 2.84. The van der Waals surface area contributed by atoms with Crippen molar-refractivity contribution in [1.29, 1.82) is 0 Å². The van der Waals surface area contributed by atoms with Crippen molar-refractivity contribution in [2.24, 2.45) is 0 Å². The molecule has 2 amide bonds. The zero-order valence-corrected chi connectivity index (χ0v) is 14.6. The van der Waals surface area contributed by atoms with Crippen molar-refractivity contribution in [3.8, 4) is 0 Å².